The zero-order valence-electron chi connectivity index (χ0n) is 10.4. The Morgan fingerprint density at radius 1 is 1.40 bits per heavy atom. The Labute approximate surface area is 98.8 Å². The van der Waals surface area contributed by atoms with Gasteiger partial charge in [-0.15, -0.1) is 0 Å². The zero-order chi connectivity index (χ0) is 10.9. The van der Waals surface area contributed by atoms with Crippen molar-refractivity contribution < 1.29 is 0 Å². The fourth-order valence-electron chi connectivity index (χ4n) is 3.55. The second-order valence-electron chi connectivity index (χ2n) is 5.78. The van der Waals surface area contributed by atoms with Gasteiger partial charge in [0, 0.05) is 5.25 Å². The average Bonchev–Trinajstić information content (AvgIpc) is 2.53. The fraction of sp³-hybridized carbons (Fsp3) is 1.00. The second kappa shape index (κ2) is 4.67. The predicted octanol–water partition coefficient (Wildman–Crippen LogP) is 3.15. The molecule has 2 heteroatoms. The highest BCUT2D eigenvalue weighted by molar-refractivity contribution is 8.00. The molecular weight excluding hydrogens is 202 g/mol. The molecule has 2 heterocycles. The van der Waals surface area contributed by atoms with Crippen LogP contribution in [0.3, 0.4) is 0 Å². The summed E-state index contributed by atoms with van der Waals surface area (Å²) >= 11 is 2.21. The van der Waals surface area contributed by atoms with E-state index in [1.54, 1.807) is 0 Å². The fourth-order valence-corrected chi connectivity index (χ4v) is 5.16. The maximum Gasteiger partial charge on any atom is 0.00790 e. The molecule has 1 spiro atoms. The molecule has 15 heavy (non-hydrogen) atoms. The van der Waals surface area contributed by atoms with Crippen molar-refractivity contribution in [1.82, 2.24) is 5.32 Å². The third-order valence-corrected chi connectivity index (χ3v) is 5.88. The van der Waals surface area contributed by atoms with Gasteiger partial charge in [0.25, 0.3) is 0 Å². The van der Waals surface area contributed by atoms with E-state index < -0.39 is 0 Å². The highest BCUT2D eigenvalue weighted by Gasteiger charge is 2.47. The number of hydrogen-bond acceptors (Lipinski definition) is 2. The summed E-state index contributed by atoms with van der Waals surface area (Å²) in [7, 11) is 0. The summed E-state index contributed by atoms with van der Waals surface area (Å²) < 4.78 is 0. The van der Waals surface area contributed by atoms with Crippen LogP contribution in [0, 0.1) is 17.3 Å². The molecule has 0 saturated carbocycles. The summed E-state index contributed by atoms with van der Waals surface area (Å²) in [5.74, 6) is 3.18. The first-order valence-corrected chi connectivity index (χ1v) is 7.52. The van der Waals surface area contributed by atoms with Crippen LogP contribution in [-0.4, -0.2) is 24.1 Å². The van der Waals surface area contributed by atoms with Gasteiger partial charge in [0.05, 0.1) is 0 Å². The third kappa shape index (κ3) is 2.21. The molecule has 2 fully saturated rings. The van der Waals surface area contributed by atoms with Crippen LogP contribution in [0.5, 0.6) is 0 Å². The number of hydrogen-bond donors (Lipinski definition) is 1. The molecule has 2 aliphatic heterocycles. The van der Waals surface area contributed by atoms with Gasteiger partial charge in [-0.3, -0.25) is 0 Å². The van der Waals surface area contributed by atoms with Crippen molar-refractivity contribution in [1.29, 1.82) is 0 Å². The summed E-state index contributed by atoms with van der Waals surface area (Å²) in [6.45, 7) is 9.73. The zero-order valence-corrected chi connectivity index (χ0v) is 11.2. The van der Waals surface area contributed by atoms with E-state index in [1.165, 1.54) is 38.1 Å². The quantitative estimate of drug-likeness (QED) is 0.778. The van der Waals surface area contributed by atoms with E-state index in [0.29, 0.717) is 5.41 Å². The van der Waals surface area contributed by atoms with Crippen molar-refractivity contribution in [3.8, 4) is 0 Å². The first kappa shape index (κ1) is 11.8. The molecule has 0 radical (unpaired) electrons. The lowest BCUT2D eigenvalue weighted by molar-refractivity contribution is 0.0941. The Bertz CT molecular complexity index is 217. The van der Waals surface area contributed by atoms with E-state index >= 15 is 0 Å². The Hall–Kier alpha value is 0.310. The van der Waals surface area contributed by atoms with Gasteiger partial charge in [0.15, 0.2) is 0 Å². The lowest BCUT2D eigenvalue weighted by Crippen LogP contribution is -2.48. The van der Waals surface area contributed by atoms with Crippen LogP contribution < -0.4 is 5.32 Å². The van der Waals surface area contributed by atoms with E-state index in [-0.39, 0.29) is 0 Å². The molecule has 88 valence electrons. The molecule has 2 aliphatic rings. The molecule has 0 bridgehead atoms. The monoisotopic (exact) mass is 227 g/mol. The third-order valence-electron chi connectivity index (χ3n) is 4.47. The minimum atomic E-state index is 0.681. The van der Waals surface area contributed by atoms with Crippen LogP contribution in [0.15, 0.2) is 0 Å². The number of rotatable bonds is 2. The minimum Gasteiger partial charge on any atom is -0.316 e. The maximum absolute atomic E-state index is 3.60. The Morgan fingerprint density at radius 2 is 2.20 bits per heavy atom. The maximum atomic E-state index is 3.60. The van der Waals surface area contributed by atoms with Gasteiger partial charge in [-0.25, -0.2) is 0 Å². The first-order chi connectivity index (χ1) is 7.15. The molecule has 0 aromatic heterocycles. The highest BCUT2D eigenvalue weighted by Crippen LogP contribution is 2.53. The van der Waals surface area contributed by atoms with Crippen molar-refractivity contribution in [2.45, 2.75) is 45.3 Å². The Kier molecular flexibility index (Phi) is 3.67. The van der Waals surface area contributed by atoms with E-state index in [1.807, 2.05) is 0 Å². The summed E-state index contributed by atoms with van der Waals surface area (Å²) in [5.41, 5.74) is 0.681. The molecule has 0 amide bonds. The van der Waals surface area contributed by atoms with Crippen molar-refractivity contribution in [2.75, 3.05) is 18.8 Å². The smallest absolute Gasteiger partial charge is 0.00790 e. The van der Waals surface area contributed by atoms with E-state index in [0.717, 1.165) is 17.1 Å². The molecule has 2 rings (SSSR count). The lowest BCUT2D eigenvalue weighted by atomic mass is 9.65. The van der Waals surface area contributed by atoms with Crippen LogP contribution in [0.2, 0.25) is 0 Å². The lowest BCUT2D eigenvalue weighted by Gasteiger charge is -2.45. The molecule has 1 nitrogen and oxygen atoms in total. The van der Waals surface area contributed by atoms with Crippen LogP contribution in [0.25, 0.3) is 0 Å². The normalized spacial score (nSPS) is 41.6. The molecule has 2 saturated heterocycles. The van der Waals surface area contributed by atoms with Crippen LogP contribution >= 0.6 is 11.8 Å². The number of piperidine rings is 1. The van der Waals surface area contributed by atoms with Crippen molar-refractivity contribution in [2.24, 2.45) is 17.3 Å². The number of nitrogens with one attached hydrogen (secondary N) is 1. The molecule has 3 unspecified atom stereocenters. The van der Waals surface area contributed by atoms with Crippen LogP contribution in [0.4, 0.5) is 0 Å². The molecule has 3 atom stereocenters. The summed E-state index contributed by atoms with van der Waals surface area (Å²) in [4.78, 5) is 0. The topological polar surface area (TPSA) is 12.0 Å². The van der Waals surface area contributed by atoms with Crippen molar-refractivity contribution in [3.63, 3.8) is 0 Å². The molecular formula is C13H25NS. The molecule has 0 aliphatic carbocycles. The predicted molar refractivity (Wildman–Crippen MR) is 69.4 cm³/mol. The SMILES string of the molecule is CC(C)CC1CNCCC12CCSC2C. The van der Waals surface area contributed by atoms with Crippen molar-refractivity contribution >= 4 is 11.8 Å². The summed E-state index contributed by atoms with van der Waals surface area (Å²) in [6, 6.07) is 0. The summed E-state index contributed by atoms with van der Waals surface area (Å²) in [6.07, 6.45) is 4.30. The van der Waals surface area contributed by atoms with Gasteiger partial charge in [-0.05, 0) is 55.4 Å². The minimum absolute atomic E-state index is 0.681. The van der Waals surface area contributed by atoms with Crippen LogP contribution in [-0.2, 0) is 0 Å². The van der Waals surface area contributed by atoms with Gasteiger partial charge < -0.3 is 5.32 Å². The van der Waals surface area contributed by atoms with Gasteiger partial charge in [-0.2, -0.15) is 11.8 Å². The standard InChI is InChI=1S/C13H25NS/c1-10(2)8-12-9-14-6-4-13(12)5-7-15-11(13)3/h10-12,14H,4-9H2,1-3H3. The second-order valence-corrected chi connectivity index (χ2v) is 7.23. The molecule has 0 aromatic carbocycles. The van der Waals surface area contributed by atoms with E-state index in [4.69, 9.17) is 0 Å². The van der Waals surface area contributed by atoms with Gasteiger partial charge in [-0.1, -0.05) is 20.8 Å². The van der Waals surface area contributed by atoms with Gasteiger partial charge in [0.1, 0.15) is 0 Å². The molecule has 1 N–H and O–H groups in total. The summed E-state index contributed by atoms with van der Waals surface area (Å²) in [5, 5.41) is 4.49. The van der Waals surface area contributed by atoms with E-state index in [2.05, 4.69) is 37.8 Å². The first-order valence-electron chi connectivity index (χ1n) is 6.47. The van der Waals surface area contributed by atoms with E-state index in [9.17, 15) is 0 Å². The van der Waals surface area contributed by atoms with Gasteiger partial charge in [0.2, 0.25) is 0 Å². The molecule has 0 aromatic rings. The van der Waals surface area contributed by atoms with Crippen molar-refractivity contribution in [3.05, 3.63) is 0 Å². The number of thioether (sulfide) groups is 1. The Balaban J connectivity index is 2.11. The Morgan fingerprint density at radius 3 is 2.80 bits per heavy atom. The average molecular weight is 227 g/mol. The highest BCUT2D eigenvalue weighted by atomic mass is 32.2. The van der Waals surface area contributed by atoms with Gasteiger partial charge >= 0.3 is 0 Å². The largest absolute Gasteiger partial charge is 0.316 e. The van der Waals surface area contributed by atoms with Crippen LogP contribution in [0.1, 0.15) is 40.0 Å².